The molecule has 0 aromatic heterocycles. The number of nitrogens with one attached hydrogen (secondary N) is 1. The molecule has 5 rings (SSSR count). The Bertz CT molecular complexity index is 600. The summed E-state index contributed by atoms with van der Waals surface area (Å²) in [5.41, 5.74) is 0.760. The van der Waals surface area contributed by atoms with E-state index in [1.165, 1.54) is 19.3 Å². The standard InChI is InChI=1S/C18H21Cl2NO2/c19-14-4-10(5-15(20)17(14)23)6-16(22)21-18-7-11-1-12(8-18)3-13(2-11)9-18/h4-5,11-13,23H,1-3,6-9H2,(H,21,22). The van der Waals surface area contributed by atoms with Gasteiger partial charge in [0.25, 0.3) is 0 Å². The van der Waals surface area contributed by atoms with Crippen molar-refractivity contribution in [3.05, 3.63) is 27.7 Å². The van der Waals surface area contributed by atoms with Crippen LogP contribution in [0.4, 0.5) is 0 Å². The number of hydrogen-bond acceptors (Lipinski definition) is 2. The van der Waals surface area contributed by atoms with E-state index in [1.54, 1.807) is 12.1 Å². The van der Waals surface area contributed by atoms with E-state index in [9.17, 15) is 9.90 Å². The van der Waals surface area contributed by atoms with Crippen LogP contribution in [0.15, 0.2) is 12.1 Å². The van der Waals surface area contributed by atoms with Gasteiger partial charge in [-0.05, 0) is 74.0 Å². The zero-order valence-electron chi connectivity index (χ0n) is 12.9. The van der Waals surface area contributed by atoms with E-state index < -0.39 is 0 Å². The van der Waals surface area contributed by atoms with Crippen molar-refractivity contribution in [1.29, 1.82) is 0 Å². The van der Waals surface area contributed by atoms with Gasteiger partial charge in [0.1, 0.15) is 0 Å². The Labute approximate surface area is 146 Å². The number of phenolic OH excluding ortho intramolecular Hbond substituents is 1. The van der Waals surface area contributed by atoms with Crippen molar-refractivity contribution in [1.82, 2.24) is 5.32 Å². The minimum Gasteiger partial charge on any atom is -0.505 e. The predicted molar refractivity (Wildman–Crippen MR) is 90.9 cm³/mol. The minimum atomic E-state index is -0.126. The number of amides is 1. The monoisotopic (exact) mass is 353 g/mol. The molecule has 0 saturated heterocycles. The molecule has 0 heterocycles. The summed E-state index contributed by atoms with van der Waals surface area (Å²) in [4.78, 5) is 12.5. The lowest BCUT2D eigenvalue weighted by molar-refractivity contribution is -0.126. The van der Waals surface area contributed by atoms with Crippen LogP contribution in [0.2, 0.25) is 10.0 Å². The SMILES string of the molecule is O=C(Cc1cc(Cl)c(O)c(Cl)c1)NC12CC3CC(CC(C3)C1)C2. The third-order valence-electron chi connectivity index (χ3n) is 5.88. The highest BCUT2D eigenvalue weighted by molar-refractivity contribution is 6.37. The Hall–Kier alpha value is -0.930. The van der Waals surface area contributed by atoms with E-state index in [2.05, 4.69) is 5.32 Å². The lowest BCUT2D eigenvalue weighted by Crippen LogP contribution is -2.60. The Morgan fingerprint density at radius 1 is 1.09 bits per heavy atom. The largest absolute Gasteiger partial charge is 0.505 e. The summed E-state index contributed by atoms with van der Waals surface area (Å²) in [6.45, 7) is 0. The fourth-order valence-corrected chi connectivity index (χ4v) is 6.04. The second-order valence-electron chi connectivity index (χ2n) is 7.83. The molecule has 0 unspecified atom stereocenters. The molecule has 0 radical (unpaired) electrons. The number of phenols is 1. The molecule has 5 heteroatoms. The van der Waals surface area contributed by atoms with Crippen LogP contribution < -0.4 is 5.32 Å². The first-order valence-corrected chi connectivity index (χ1v) is 9.16. The first kappa shape index (κ1) is 15.6. The van der Waals surface area contributed by atoms with Gasteiger partial charge in [-0.2, -0.15) is 0 Å². The molecule has 2 N–H and O–H groups in total. The number of carbonyl (C=O) groups is 1. The van der Waals surface area contributed by atoms with Crippen molar-refractivity contribution < 1.29 is 9.90 Å². The number of aromatic hydroxyl groups is 1. The predicted octanol–water partition coefficient (Wildman–Crippen LogP) is 4.33. The lowest BCUT2D eigenvalue weighted by Gasteiger charge is -2.56. The normalized spacial score (nSPS) is 34.6. The zero-order valence-corrected chi connectivity index (χ0v) is 14.5. The van der Waals surface area contributed by atoms with Crippen LogP contribution in [0.3, 0.4) is 0 Å². The van der Waals surface area contributed by atoms with E-state index in [1.807, 2.05) is 0 Å². The van der Waals surface area contributed by atoms with Crippen LogP contribution in [0.1, 0.15) is 44.1 Å². The summed E-state index contributed by atoms with van der Waals surface area (Å²) in [5, 5.41) is 13.3. The van der Waals surface area contributed by atoms with E-state index in [0.29, 0.717) is 0 Å². The fraction of sp³-hybridized carbons (Fsp3) is 0.611. The Kier molecular flexibility index (Phi) is 3.77. The van der Waals surface area contributed by atoms with Crippen LogP contribution in [0.25, 0.3) is 0 Å². The quantitative estimate of drug-likeness (QED) is 0.849. The molecule has 1 amide bonds. The minimum absolute atomic E-state index is 0.0241. The highest BCUT2D eigenvalue weighted by atomic mass is 35.5. The van der Waals surface area contributed by atoms with E-state index in [0.717, 1.165) is 42.6 Å². The molecular weight excluding hydrogens is 333 g/mol. The summed E-state index contributed by atoms with van der Waals surface area (Å²) in [5.74, 6) is 2.32. The van der Waals surface area contributed by atoms with Gasteiger partial charge in [-0.15, -0.1) is 0 Å². The van der Waals surface area contributed by atoms with Crippen LogP contribution in [0.5, 0.6) is 5.75 Å². The third kappa shape index (κ3) is 2.94. The van der Waals surface area contributed by atoms with Crippen LogP contribution in [-0.4, -0.2) is 16.6 Å². The Balaban J connectivity index is 1.46. The van der Waals surface area contributed by atoms with Crippen molar-refractivity contribution in [2.24, 2.45) is 17.8 Å². The fourth-order valence-electron chi connectivity index (χ4n) is 5.51. The molecule has 23 heavy (non-hydrogen) atoms. The topological polar surface area (TPSA) is 49.3 Å². The lowest BCUT2D eigenvalue weighted by atomic mass is 9.53. The Morgan fingerprint density at radius 3 is 2.04 bits per heavy atom. The maximum Gasteiger partial charge on any atom is 0.224 e. The second-order valence-corrected chi connectivity index (χ2v) is 8.65. The van der Waals surface area contributed by atoms with Gasteiger partial charge in [0.15, 0.2) is 5.75 Å². The molecule has 4 aliphatic rings. The molecule has 0 aliphatic heterocycles. The molecular formula is C18H21Cl2NO2. The van der Waals surface area contributed by atoms with Crippen molar-refractivity contribution in [3.63, 3.8) is 0 Å². The molecule has 4 saturated carbocycles. The molecule has 4 bridgehead atoms. The molecule has 0 spiro atoms. The first-order valence-electron chi connectivity index (χ1n) is 8.40. The molecule has 4 fully saturated rings. The van der Waals surface area contributed by atoms with Gasteiger partial charge < -0.3 is 10.4 Å². The molecule has 4 aliphatic carbocycles. The molecule has 1 aromatic rings. The molecule has 0 atom stereocenters. The van der Waals surface area contributed by atoms with Crippen molar-refractivity contribution in [3.8, 4) is 5.75 Å². The maximum absolute atomic E-state index is 12.5. The number of benzene rings is 1. The van der Waals surface area contributed by atoms with Gasteiger partial charge in [-0.25, -0.2) is 0 Å². The summed E-state index contributed by atoms with van der Waals surface area (Å²) in [7, 11) is 0. The summed E-state index contributed by atoms with van der Waals surface area (Å²) in [6, 6.07) is 3.23. The highest BCUT2D eigenvalue weighted by Crippen LogP contribution is 2.55. The smallest absolute Gasteiger partial charge is 0.224 e. The van der Waals surface area contributed by atoms with Gasteiger partial charge in [0.2, 0.25) is 5.91 Å². The van der Waals surface area contributed by atoms with Crippen LogP contribution in [0, 0.1) is 17.8 Å². The van der Waals surface area contributed by atoms with Crippen molar-refractivity contribution >= 4 is 29.1 Å². The van der Waals surface area contributed by atoms with E-state index in [4.69, 9.17) is 23.2 Å². The van der Waals surface area contributed by atoms with E-state index >= 15 is 0 Å². The summed E-state index contributed by atoms with van der Waals surface area (Å²) in [6.07, 6.45) is 7.75. The first-order chi connectivity index (χ1) is 10.9. The molecule has 3 nitrogen and oxygen atoms in total. The van der Waals surface area contributed by atoms with Crippen molar-refractivity contribution in [2.75, 3.05) is 0 Å². The number of carbonyl (C=O) groups excluding carboxylic acids is 1. The summed E-state index contributed by atoms with van der Waals surface area (Å²) >= 11 is 11.9. The van der Waals surface area contributed by atoms with Gasteiger partial charge >= 0.3 is 0 Å². The zero-order chi connectivity index (χ0) is 16.2. The van der Waals surface area contributed by atoms with Crippen LogP contribution >= 0.6 is 23.2 Å². The van der Waals surface area contributed by atoms with Crippen LogP contribution in [-0.2, 0) is 11.2 Å². The maximum atomic E-state index is 12.5. The molecule has 124 valence electrons. The van der Waals surface area contributed by atoms with Gasteiger partial charge in [0, 0.05) is 5.54 Å². The average molecular weight is 354 g/mol. The van der Waals surface area contributed by atoms with Crippen molar-refractivity contribution in [2.45, 2.75) is 50.5 Å². The van der Waals surface area contributed by atoms with Gasteiger partial charge in [0.05, 0.1) is 16.5 Å². The molecule has 1 aromatic carbocycles. The number of halogens is 2. The van der Waals surface area contributed by atoms with Gasteiger partial charge in [-0.1, -0.05) is 23.2 Å². The third-order valence-corrected chi connectivity index (χ3v) is 6.46. The van der Waals surface area contributed by atoms with Gasteiger partial charge in [-0.3, -0.25) is 4.79 Å². The number of hydrogen-bond donors (Lipinski definition) is 2. The Morgan fingerprint density at radius 2 is 1.57 bits per heavy atom. The van der Waals surface area contributed by atoms with E-state index in [-0.39, 0.29) is 33.7 Å². The average Bonchev–Trinajstić information content (AvgIpc) is 2.42. The highest BCUT2D eigenvalue weighted by Gasteiger charge is 2.51. The summed E-state index contributed by atoms with van der Waals surface area (Å²) < 4.78 is 0. The number of rotatable bonds is 3. The second kappa shape index (κ2) is 5.56.